The van der Waals surface area contributed by atoms with Crippen LogP contribution in [0.25, 0.3) is 11.5 Å². The fourth-order valence-corrected chi connectivity index (χ4v) is 1.18. The molecule has 0 aliphatic carbocycles. The Labute approximate surface area is 97.2 Å². The standard InChI is InChI=1S/C9H4F3N3O3/c10-9(11,12)8-13-7(18-14-8)5-1-3-6(4-2-5)15(16)17/h1-4H. The summed E-state index contributed by atoms with van der Waals surface area (Å²) in [4.78, 5) is 12.9. The number of halogens is 3. The Morgan fingerprint density at radius 1 is 1.22 bits per heavy atom. The van der Waals surface area contributed by atoms with Gasteiger partial charge in [-0.1, -0.05) is 5.16 Å². The second-order valence-electron chi connectivity index (χ2n) is 3.22. The molecule has 0 aliphatic heterocycles. The van der Waals surface area contributed by atoms with Crippen molar-refractivity contribution in [2.75, 3.05) is 0 Å². The van der Waals surface area contributed by atoms with E-state index >= 15 is 0 Å². The summed E-state index contributed by atoms with van der Waals surface area (Å²) in [6.07, 6.45) is -4.69. The minimum Gasteiger partial charge on any atom is -0.334 e. The number of rotatable bonds is 2. The van der Waals surface area contributed by atoms with E-state index in [1.165, 1.54) is 12.1 Å². The van der Waals surface area contributed by atoms with Crippen molar-refractivity contribution >= 4 is 5.69 Å². The van der Waals surface area contributed by atoms with Crippen molar-refractivity contribution < 1.29 is 22.6 Å². The Morgan fingerprint density at radius 2 is 1.83 bits per heavy atom. The number of non-ortho nitro benzene ring substituents is 1. The molecule has 18 heavy (non-hydrogen) atoms. The van der Waals surface area contributed by atoms with Crippen LogP contribution in [-0.4, -0.2) is 15.1 Å². The molecule has 0 atom stereocenters. The van der Waals surface area contributed by atoms with Crippen molar-refractivity contribution in [1.29, 1.82) is 0 Å². The van der Waals surface area contributed by atoms with Crippen LogP contribution in [0.4, 0.5) is 18.9 Å². The molecule has 9 heteroatoms. The first-order valence-electron chi connectivity index (χ1n) is 4.53. The van der Waals surface area contributed by atoms with Gasteiger partial charge in [0.05, 0.1) is 4.92 Å². The van der Waals surface area contributed by atoms with Crippen LogP contribution in [0.15, 0.2) is 28.8 Å². The lowest BCUT2D eigenvalue weighted by Gasteiger charge is -1.96. The SMILES string of the molecule is O=[N+]([O-])c1ccc(-c2nc(C(F)(F)F)no2)cc1. The maximum Gasteiger partial charge on any atom is 0.455 e. The summed E-state index contributed by atoms with van der Waals surface area (Å²) in [7, 11) is 0. The van der Waals surface area contributed by atoms with E-state index < -0.39 is 16.9 Å². The number of aromatic nitrogens is 2. The third-order valence-corrected chi connectivity index (χ3v) is 2.00. The molecule has 0 aliphatic rings. The second kappa shape index (κ2) is 4.09. The number of benzene rings is 1. The van der Waals surface area contributed by atoms with Crippen LogP contribution in [0.1, 0.15) is 5.82 Å². The fourth-order valence-electron chi connectivity index (χ4n) is 1.18. The van der Waals surface area contributed by atoms with Crippen LogP contribution in [0.2, 0.25) is 0 Å². The van der Waals surface area contributed by atoms with Gasteiger partial charge in [-0.05, 0) is 12.1 Å². The summed E-state index contributed by atoms with van der Waals surface area (Å²) in [5.74, 6) is -1.74. The minimum atomic E-state index is -4.69. The van der Waals surface area contributed by atoms with Crippen LogP contribution < -0.4 is 0 Å². The molecule has 0 amide bonds. The van der Waals surface area contributed by atoms with E-state index in [1.807, 2.05) is 0 Å². The molecule has 0 bridgehead atoms. The predicted molar refractivity (Wildman–Crippen MR) is 51.4 cm³/mol. The smallest absolute Gasteiger partial charge is 0.334 e. The molecule has 0 unspecified atom stereocenters. The average Bonchev–Trinajstić information content (AvgIpc) is 2.78. The highest BCUT2D eigenvalue weighted by atomic mass is 19.4. The Hall–Kier alpha value is -2.45. The molecule has 0 saturated carbocycles. The summed E-state index contributed by atoms with van der Waals surface area (Å²) >= 11 is 0. The van der Waals surface area contributed by atoms with E-state index in [9.17, 15) is 23.3 Å². The third-order valence-electron chi connectivity index (χ3n) is 2.00. The largest absolute Gasteiger partial charge is 0.455 e. The van der Waals surface area contributed by atoms with Gasteiger partial charge in [0.25, 0.3) is 17.4 Å². The number of nitrogens with zero attached hydrogens (tertiary/aromatic N) is 3. The van der Waals surface area contributed by atoms with Crippen LogP contribution in [0.5, 0.6) is 0 Å². The van der Waals surface area contributed by atoms with Crippen LogP contribution in [0.3, 0.4) is 0 Å². The molecule has 1 heterocycles. The van der Waals surface area contributed by atoms with Crippen molar-refractivity contribution in [1.82, 2.24) is 10.1 Å². The lowest BCUT2D eigenvalue weighted by atomic mass is 10.2. The third kappa shape index (κ3) is 2.29. The number of nitro groups is 1. The molecular weight excluding hydrogens is 255 g/mol. The molecular formula is C9H4F3N3O3. The van der Waals surface area contributed by atoms with Gasteiger partial charge in [0.1, 0.15) is 0 Å². The Balaban J connectivity index is 2.32. The molecule has 1 aromatic carbocycles. The summed E-state index contributed by atoms with van der Waals surface area (Å²) in [6, 6.07) is 4.72. The fraction of sp³-hybridized carbons (Fsp3) is 0.111. The molecule has 2 rings (SSSR count). The maximum atomic E-state index is 12.2. The van der Waals surface area contributed by atoms with Gasteiger partial charge in [0, 0.05) is 17.7 Å². The van der Waals surface area contributed by atoms with Crippen LogP contribution in [0, 0.1) is 10.1 Å². The van der Waals surface area contributed by atoms with Crippen molar-refractivity contribution in [2.24, 2.45) is 0 Å². The van der Waals surface area contributed by atoms with Crippen LogP contribution in [-0.2, 0) is 6.18 Å². The van der Waals surface area contributed by atoms with Gasteiger partial charge in [0.15, 0.2) is 0 Å². The summed E-state index contributed by atoms with van der Waals surface area (Å²) in [6.45, 7) is 0. The molecule has 2 aromatic rings. The van der Waals surface area contributed by atoms with Crippen LogP contribution >= 0.6 is 0 Å². The van der Waals surface area contributed by atoms with Gasteiger partial charge in [-0.2, -0.15) is 18.2 Å². The minimum absolute atomic E-state index is 0.170. The number of nitro benzene ring substituents is 1. The Kier molecular flexibility index (Phi) is 2.73. The highest BCUT2D eigenvalue weighted by Crippen LogP contribution is 2.29. The van der Waals surface area contributed by atoms with E-state index in [0.29, 0.717) is 0 Å². The Bertz CT molecular complexity index is 577. The van der Waals surface area contributed by atoms with Gasteiger partial charge in [-0.15, -0.1) is 0 Å². The number of alkyl halides is 3. The van der Waals surface area contributed by atoms with E-state index in [4.69, 9.17) is 0 Å². The highest BCUT2D eigenvalue weighted by Gasteiger charge is 2.37. The Morgan fingerprint density at radius 3 is 2.28 bits per heavy atom. The van der Waals surface area contributed by atoms with Crippen molar-refractivity contribution in [3.8, 4) is 11.5 Å². The monoisotopic (exact) mass is 259 g/mol. The van der Waals surface area contributed by atoms with Crippen molar-refractivity contribution in [3.05, 3.63) is 40.2 Å². The molecule has 0 N–H and O–H groups in total. The molecule has 0 spiro atoms. The van der Waals surface area contributed by atoms with Gasteiger partial charge in [-0.25, -0.2) is 0 Å². The first-order chi connectivity index (χ1) is 8.38. The molecule has 0 saturated heterocycles. The molecule has 1 aromatic heterocycles. The average molecular weight is 259 g/mol. The highest BCUT2D eigenvalue weighted by molar-refractivity contribution is 5.55. The molecule has 6 nitrogen and oxygen atoms in total. The number of hydrogen-bond donors (Lipinski definition) is 0. The summed E-state index contributed by atoms with van der Waals surface area (Å²) in [5, 5.41) is 13.2. The first-order valence-corrected chi connectivity index (χ1v) is 4.53. The molecule has 94 valence electrons. The van der Waals surface area contributed by atoms with Crippen molar-refractivity contribution in [2.45, 2.75) is 6.18 Å². The van der Waals surface area contributed by atoms with Gasteiger partial charge in [0.2, 0.25) is 0 Å². The summed E-state index contributed by atoms with van der Waals surface area (Å²) in [5.41, 5.74) is -0.0158. The van der Waals surface area contributed by atoms with E-state index in [2.05, 4.69) is 14.7 Å². The normalized spacial score (nSPS) is 11.5. The quantitative estimate of drug-likeness (QED) is 0.611. The topological polar surface area (TPSA) is 82.1 Å². The lowest BCUT2D eigenvalue weighted by molar-refractivity contribution is -0.384. The zero-order valence-electron chi connectivity index (χ0n) is 8.51. The van der Waals surface area contributed by atoms with Gasteiger partial charge >= 0.3 is 6.18 Å². The summed E-state index contributed by atoms with van der Waals surface area (Å²) < 4.78 is 41.1. The van der Waals surface area contributed by atoms with Gasteiger partial charge in [-0.3, -0.25) is 10.1 Å². The molecule has 0 radical (unpaired) electrons. The van der Waals surface area contributed by atoms with E-state index in [-0.39, 0.29) is 17.1 Å². The first kappa shape index (κ1) is 12.0. The van der Waals surface area contributed by atoms with Gasteiger partial charge < -0.3 is 4.52 Å². The zero-order chi connectivity index (χ0) is 13.3. The van der Waals surface area contributed by atoms with E-state index in [1.54, 1.807) is 0 Å². The predicted octanol–water partition coefficient (Wildman–Crippen LogP) is 2.66. The zero-order valence-corrected chi connectivity index (χ0v) is 8.51. The van der Waals surface area contributed by atoms with E-state index in [0.717, 1.165) is 12.1 Å². The van der Waals surface area contributed by atoms with Crippen molar-refractivity contribution in [3.63, 3.8) is 0 Å². The number of hydrogen-bond acceptors (Lipinski definition) is 5. The maximum absolute atomic E-state index is 12.2. The molecule has 0 fully saturated rings. The lowest BCUT2D eigenvalue weighted by Crippen LogP contribution is -2.07. The second-order valence-corrected chi connectivity index (χ2v) is 3.22.